The van der Waals surface area contributed by atoms with Crippen molar-refractivity contribution in [3.63, 3.8) is 0 Å². The van der Waals surface area contributed by atoms with Gasteiger partial charge in [0.2, 0.25) is 23.5 Å². The Morgan fingerprint density at radius 2 is 1.73 bits per heavy atom. The summed E-state index contributed by atoms with van der Waals surface area (Å²) in [5.41, 5.74) is -0.271. The quantitative estimate of drug-likeness (QED) is 0.339. The summed E-state index contributed by atoms with van der Waals surface area (Å²) < 4.78 is 41.9. The number of carbonyl (C=O) groups is 5. The second-order valence-electron chi connectivity index (χ2n) is 15.4. The largest absolute Gasteiger partial charge is 0.471 e. The maximum absolute atomic E-state index is 14.7. The second kappa shape index (κ2) is 12.0. The first-order chi connectivity index (χ1) is 23.4. The molecule has 0 aromatic carbocycles. The molecule has 15 heteroatoms. The van der Waals surface area contributed by atoms with Gasteiger partial charge in [-0.1, -0.05) is 0 Å². The summed E-state index contributed by atoms with van der Waals surface area (Å²) in [7, 11) is 0. The Morgan fingerprint density at radius 3 is 2.37 bits per heavy atom. The van der Waals surface area contributed by atoms with Crippen LogP contribution in [0.15, 0.2) is 18.5 Å². The molecule has 49 heavy (non-hydrogen) atoms. The number of amides is 4. The van der Waals surface area contributed by atoms with Gasteiger partial charge >= 0.3 is 12.1 Å². The lowest BCUT2D eigenvalue weighted by atomic mass is 9.47. The molecule has 3 N–H and O–H groups in total. The van der Waals surface area contributed by atoms with E-state index in [-0.39, 0.29) is 29.3 Å². The Balaban J connectivity index is 1.09. The maximum atomic E-state index is 14.7. The first kappa shape index (κ1) is 32.6. The van der Waals surface area contributed by atoms with Gasteiger partial charge in [0.05, 0.1) is 16.9 Å². The van der Waals surface area contributed by atoms with Crippen molar-refractivity contribution in [1.82, 2.24) is 30.8 Å². The highest BCUT2D eigenvalue weighted by atomic mass is 32.1. The summed E-state index contributed by atoms with van der Waals surface area (Å²) in [4.78, 5) is 78.0. The summed E-state index contributed by atoms with van der Waals surface area (Å²) in [5, 5.41) is 7.96. The number of hydrogen-bond acceptors (Lipinski definition) is 8. The van der Waals surface area contributed by atoms with Crippen molar-refractivity contribution in [3.05, 3.63) is 23.5 Å². The molecule has 2 aliphatic heterocycles. The number of likely N-dealkylation sites (tertiary alicyclic amines) is 1. The number of rotatable bonds is 9. The molecule has 7 aliphatic rings. The van der Waals surface area contributed by atoms with Gasteiger partial charge in [-0.2, -0.15) is 13.2 Å². The van der Waals surface area contributed by atoms with Crippen LogP contribution in [0.3, 0.4) is 0 Å². The van der Waals surface area contributed by atoms with E-state index in [0.717, 1.165) is 35.3 Å². The lowest BCUT2D eigenvalue weighted by Crippen LogP contribution is -2.66. The van der Waals surface area contributed by atoms with Gasteiger partial charge in [0.1, 0.15) is 17.6 Å². The van der Waals surface area contributed by atoms with Crippen molar-refractivity contribution in [3.8, 4) is 0 Å². The molecule has 262 valence electrons. The van der Waals surface area contributed by atoms with Gasteiger partial charge < -0.3 is 20.9 Å². The van der Waals surface area contributed by atoms with Crippen molar-refractivity contribution < 1.29 is 37.1 Å². The monoisotopic (exact) mass is 700 g/mol. The van der Waals surface area contributed by atoms with Crippen molar-refractivity contribution >= 4 is 51.0 Å². The zero-order chi connectivity index (χ0) is 34.2. The summed E-state index contributed by atoms with van der Waals surface area (Å²) in [6.07, 6.45) is 4.95. The van der Waals surface area contributed by atoms with E-state index in [1.807, 2.05) is 0 Å². The SMILES string of the molecule is O=C1NCC[C@H]1C[C@H](NC(=O)[C@@H]1[C@H]2CC[C@H](C2)N1C(=O)[C@@H](NC(=O)C(F)(F)F)C12CC3CC(CC(C3)C1)C2)C(=O)c1nc2cnccc2s1. The van der Waals surface area contributed by atoms with E-state index in [1.54, 1.807) is 12.3 Å². The van der Waals surface area contributed by atoms with Gasteiger partial charge in [0, 0.05) is 30.1 Å². The molecule has 5 aliphatic carbocycles. The van der Waals surface area contributed by atoms with Crippen molar-refractivity contribution in [2.45, 2.75) is 101 Å². The Kier molecular flexibility index (Phi) is 7.99. The summed E-state index contributed by atoms with van der Waals surface area (Å²) in [6, 6.07) is -2.16. The van der Waals surface area contributed by atoms with Crippen LogP contribution >= 0.6 is 11.3 Å². The highest BCUT2D eigenvalue weighted by Gasteiger charge is 2.61. The van der Waals surface area contributed by atoms with Crippen LogP contribution in [-0.2, 0) is 19.2 Å². The zero-order valence-corrected chi connectivity index (χ0v) is 27.7. The standard InChI is InChI=1S/C34H39F3N6O5S/c35-34(36,37)32(48)42-27(33-12-16-7-17(13-33)9-18(8-16)14-33)31(47)43-21-2-1-19(10-21)25(43)29(46)40-22(11-20-3-6-39-28(20)45)26(44)30-41-23-15-38-5-4-24(23)49-30/h4-5,15-22,25,27H,1-3,6-14H2,(H,39,45)(H,40,46)(H,42,48)/t16?,17?,18?,19-,20-,21+,22-,25-,27+,33?/m0/s1. The number of nitrogens with zero attached hydrogens (tertiary/aromatic N) is 3. The molecule has 4 heterocycles. The van der Waals surface area contributed by atoms with E-state index in [4.69, 9.17) is 0 Å². The molecule has 6 atom stereocenters. The lowest BCUT2D eigenvalue weighted by Gasteiger charge is -2.59. The molecule has 7 fully saturated rings. The van der Waals surface area contributed by atoms with Gasteiger partial charge in [-0.25, -0.2) is 4.98 Å². The summed E-state index contributed by atoms with van der Waals surface area (Å²) in [6.45, 7) is 0.454. The second-order valence-corrected chi connectivity index (χ2v) is 16.4. The average Bonchev–Trinajstić information content (AvgIpc) is 3.85. The molecular weight excluding hydrogens is 661 g/mol. The Bertz CT molecular complexity index is 1650. The normalized spacial score (nSPS) is 34.2. The van der Waals surface area contributed by atoms with Crippen LogP contribution < -0.4 is 16.0 Å². The molecule has 6 bridgehead atoms. The van der Waals surface area contributed by atoms with E-state index in [1.165, 1.54) is 11.1 Å². The summed E-state index contributed by atoms with van der Waals surface area (Å²) >= 11 is 1.16. The molecule has 11 nitrogen and oxygen atoms in total. The number of Topliss-reactive ketones (excluding diaryl/α,β-unsaturated/α-hetero) is 1. The van der Waals surface area contributed by atoms with Gasteiger partial charge in [0.25, 0.3) is 0 Å². The third-order valence-corrected chi connectivity index (χ3v) is 13.4. The van der Waals surface area contributed by atoms with Crippen molar-refractivity contribution in [2.24, 2.45) is 35.0 Å². The number of pyridine rings is 1. The number of aromatic nitrogens is 2. The molecule has 2 aromatic heterocycles. The van der Waals surface area contributed by atoms with Crippen molar-refractivity contribution in [1.29, 1.82) is 0 Å². The Hall–Kier alpha value is -3.62. The van der Waals surface area contributed by atoms with Crippen LogP contribution in [0.4, 0.5) is 13.2 Å². The fraction of sp³-hybridized carbons (Fsp3) is 0.676. The molecule has 5 saturated carbocycles. The molecule has 0 radical (unpaired) electrons. The molecular formula is C34H39F3N6O5S. The van der Waals surface area contributed by atoms with E-state index >= 15 is 0 Å². The van der Waals surface area contributed by atoms with Crippen molar-refractivity contribution in [2.75, 3.05) is 6.54 Å². The summed E-state index contributed by atoms with van der Waals surface area (Å²) in [5.74, 6) is -3.88. The van der Waals surface area contributed by atoms with Crippen LogP contribution in [0.25, 0.3) is 10.2 Å². The number of hydrogen-bond donors (Lipinski definition) is 3. The van der Waals surface area contributed by atoms with Gasteiger partial charge in [0.15, 0.2) is 5.01 Å². The highest BCUT2D eigenvalue weighted by Crippen LogP contribution is 2.62. The zero-order valence-electron chi connectivity index (χ0n) is 26.8. The molecule has 0 unspecified atom stereocenters. The minimum absolute atomic E-state index is 0.0386. The smallest absolute Gasteiger partial charge is 0.356 e. The van der Waals surface area contributed by atoms with Gasteiger partial charge in [-0.05, 0) is 100 Å². The highest BCUT2D eigenvalue weighted by molar-refractivity contribution is 7.20. The maximum Gasteiger partial charge on any atom is 0.471 e. The first-order valence-electron chi connectivity index (χ1n) is 17.4. The number of alkyl halides is 3. The van der Waals surface area contributed by atoms with Crippen LogP contribution in [0, 0.1) is 35.0 Å². The van der Waals surface area contributed by atoms with E-state index in [0.29, 0.717) is 74.8 Å². The fourth-order valence-electron chi connectivity index (χ4n) is 10.7. The molecule has 4 amide bonds. The number of piperidine rings is 1. The lowest BCUT2D eigenvalue weighted by molar-refractivity contribution is -0.179. The number of ketones is 1. The molecule has 2 saturated heterocycles. The predicted octanol–water partition coefficient (Wildman–Crippen LogP) is 3.53. The molecule has 0 spiro atoms. The third kappa shape index (κ3) is 5.79. The molecule has 2 aromatic rings. The van der Waals surface area contributed by atoms with E-state index in [2.05, 4.69) is 25.9 Å². The van der Waals surface area contributed by atoms with Crippen LogP contribution in [0.1, 0.15) is 80.4 Å². The Morgan fingerprint density at radius 1 is 1.02 bits per heavy atom. The van der Waals surface area contributed by atoms with Crippen LogP contribution in [0.2, 0.25) is 0 Å². The third-order valence-electron chi connectivity index (χ3n) is 12.3. The number of fused-ring (bicyclic) bond motifs is 3. The number of halogens is 3. The number of thiazole rings is 1. The van der Waals surface area contributed by atoms with Crippen LogP contribution in [-0.4, -0.2) is 81.2 Å². The topological polar surface area (TPSA) is 150 Å². The first-order valence-corrected chi connectivity index (χ1v) is 18.2. The number of nitrogens with one attached hydrogen (secondary N) is 3. The minimum atomic E-state index is -5.17. The van der Waals surface area contributed by atoms with E-state index < -0.39 is 59.1 Å². The van der Waals surface area contributed by atoms with Gasteiger partial charge in [-0.15, -0.1) is 11.3 Å². The van der Waals surface area contributed by atoms with Crippen LogP contribution in [0.5, 0.6) is 0 Å². The minimum Gasteiger partial charge on any atom is -0.356 e. The van der Waals surface area contributed by atoms with E-state index in [9.17, 15) is 37.1 Å². The number of carbonyl (C=O) groups excluding carboxylic acids is 5. The van der Waals surface area contributed by atoms with Gasteiger partial charge in [-0.3, -0.25) is 29.0 Å². The average molecular weight is 701 g/mol. The Labute approximate surface area is 284 Å². The molecule has 9 rings (SSSR count). The predicted molar refractivity (Wildman–Crippen MR) is 170 cm³/mol. The fourth-order valence-corrected chi connectivity index (χ4v) is 11.6.